The van der Waals surface area contributed by atoms with E-state index in [1.807, 2.05) is 37.5 Å². The molecule has 0 fully saturated rings. The van der Waals surface area contributed by atoms with Crippen molar-refractivity contribution in [3.63, 3.8) is 0 Å². The second-order valence-electron chi connectivity index (χ2n) is 4.10. The van der Waals surface area contributed by atoms with Gasteiger partial charge in [0.1, 0.15) is 0 Å². The van der Waals surface area contributed by atoms with Crippen molar-refractivity contribution in [1.82, 2.24) is 15.2 Å². The molecule has 102 valence electrons. The van der Waals surface area contributed by atoms with E-state index in [-0.39, 0.29) is 6.04 Å². The molecular weight excluding hydrogens is 244 g/mol. The maximum atomic E-state index is 5.67. The maximum absolute atomic E-state index is 5.67. The molecule has 0 aliphatic rings. The number of para-hydroxylation sites is 1. The number of hydrogen-bond acceptors (Lipinski definition) is 5. The van der Waals surface area contributed by atoms with Crippen LogP contribution in [0, 0.1) is 0 Å². The lowest BCUT2D eigenvalue weighted by Crippen LogP contribution is -2.29. The molecule has 0 aliphatic carbocycles. The van der Waals surface area contributed by atoms with E-state index in [1.54, 1.807) is 18.9 Å². The van der Waals surface area contributed by atoms with Gasteiger partial charge in [0.25, 0.3) is 0 Å². The molecular formula is C13H18N4O2. The third kappa shape index (κ3) is 2.54. The Balaban J connectivity index is 2.49. The summed E-state index contributed by atoms with van der Waals surface area (Å²) in [5.41, 5.74) is 4.46. The monoisotopic (exact) mass is 262 g/mol. The normalized spacial score (nSPS) is 12.2. The molecule has 1 aromatic carbocycles. The van der Waals surface area contributed by atoms with E-state index in [0.29, 0.717) is 11.5 Å². The van der Waals surface area contributed by atoms with E-state index in [2.05, 4.69) is 10.5 Å². The molecule has 0 amide bonds. The SMILES string of the molecule is COc1cccc(C(NN)c2ccn(C)n2)c1OC. The zero-order chi connectivity index (χ0) is 13.8. The molecule has 1 unspecified atom stereocenters. The number of aryl methyl sites for hydroxylation is 1. The molecule has 2 aromatic rings. The van der Waals surface area contributed by atoms with Gasteiger partial charge >= 0.3 is 0 Å². The molecule has 0 saturated carbocycles. The summed E-state index contributed by atoms with van der Waals surface area (Å²) < 4.78 is 12.4. The average Bonchev–Trinajstić information content (AvgIpc) is 2.85. The number of nitrogens with two attached hydrogens (primary N) is 1. The second kappa shape index (κ2) is 5.73. The molecule has 1 heterocycles. The van der Waals surface area contributed by atoms with Crippen LogP contribution in [0.15, 0.2) is 30.5 Å². The summed E-state index contributed by atoms with van der Waals surface area (Å²) in [6.45, 7) is 0. The number of rotatable bonds is 5. The van der Waals surface area contributed by atoms with Gasteiger partial charge < -0.3 is 9.47 Å². The van der Waals surface area contributed by atoms with E-state index in [1.165, 1.54) is 0 Å². The first-order chi connectivity index (χ1) is 9.21. The molecule has 0 saturated heterocycles. The van der Waals surface area contributed by atoms with Crippen molar-refractivity contribution in [3.05, 3.63) is 41.7 Å². The number of hydrazine groups is 1. The zero-order valence-electron chi connectivity index (χ0n) is 11.3. The third-order valence-corrected chi connectivity index (χ3v) is 2.94. The van der Waals surface area contributed by atoms with E-state index in [4.69, 9.17) is 15.3 Å². The number of nitrogens with one attached hydrogen (secondary N) is 1. The summed E-state index contributed by atoms with van der Waals surface area (Å²) in [7, 11) is 5.07. The fourth-order valence-electron chi connectivity index (χ4n) is 2.06. The molecule has 19 heavy (non-hydrogen) atoms. The standard InChI is InChI=1S/C13H18N4O2/c1-17-8-7-10(16-17)12(15-14)9-5-4-6-11(18-2)13(9)19-3/h4-8,12,15H,14H2,1-3H3. The first-order valence-corrected chi connectivity index (χ1v) is 5.87. The van der Waals surface area contributed by atoms with E-state index in [0.717, 1.165) is 11.3 Å². The summed E-state index contributed by atoms with van der Waals surface area (Å²) in [4.78, 5) is 0. The van der Waals surface area contributed by atoms with Crippen LogP contribution >= 0.6 is 0 Å². The molecule has 1 aromatic heterocycles. The van der Waals surface area contributed by atoms with Crippen LogP contribution in [0.25, 0.3) is 0 Å². The Bertz CT molecular complexity index is 553. The molecule has 1 atom stereocenters. The Morgan fingerprint density at radius 2 is 2.05 bits per heavy atom. The van der Waals surface area contributed by atoms with Crippen molar-refractivity contribution in [3.8, 4) is 11.5 Å². The smallest absolute Gasteiger partial charge is 0.165 e. The van der Waals surface area contributed by atoms with Crippen molar-refractivity contribution >= 4 is 0 Å². The van der Waals surface area contributed by atoms with Gasteiger partial charge in [-0.2, -0.15) is 5.10 Å². The number of methoxy groups -OCH3 is 2. The molecule has 3 N–H and O–H groups in total. The predicted molar refractivity (Wildman–Crippen MR) is 71.9 cm³/mol. The molecule has 0 radical (unpaired) electrons. The number of ether oxygens (including phenoxy) is 2. The topological polar surface area (TPSA) is 74.3 Å². The Hall–Kier alpha value is -2.05. The third-order valence-electron chi connectivity index (χ3n) is 2.94. The maximum Gasteiger partial charge on any atom is 0.165 e. The number of benzene rings is 1. The fraction of sp³-hybridized carbons (Fsp3) is 0.308. The summed E-state index contributed by atoms with van der Waals surface area (Å²) in [5, 5.41) is 4.37. The summed E-state index contributed by atoms with van der Waals surface area (Å²) >= 11 is 0. The van der Waals surface area contributed by atoms with Crippen molar-refractivity contribution in [2.75, 3.05) is 14.2 Å². The highest BCUT2D eigenvalue weighted by molar-refractivity contribution is 5.49. The van der Waals surface area contributed by atoms with E-state index in [9.17, 15) is 0 Å². The first kappa shape index (κ1) is 13.4. The predicted octanol–water partition coefficient (Wildman–Crippen LogP) is 0.990. The number of hydrogen-bond donors (Lipinski definition) is 2. The van der Waals surface area contributed by atoms with Crippen molar-refractivity contribution in [2.24, 2.45) is 12.9 Å². The largest absolute Gasteiger partial charge is 0.493 e. The van der Waals surface area contributed by atoms with Crippen LogP contribution in [0.1, 0.15) is 17.3 Å². The minimum atomic E-state index is -0.258. The molecule has 0 aliphatic heterocycles. The summed E-state index contributed by atoms with van der Waals surface area (Å²) in [6, 6.07) is 7.31. The molecule has 2 rings (SSSR count). The van der Waals surface area contributed by atoms with Crippen LogP contribution in [0.5, 0.6) is 11.5 Å². The van der Waals surface area contributed by atoms with Crippen LogP contribution in [-0.2, 0) is 7.05 Å². The van der Waals surface area contributed by atoms with Gasteiger partial charge in [-0.25, -0.2) is 5.43 Å². The van der Waals surface area contributed by atoms with Crippen LogP contribution in [-0.4, -0.2) is 24.0 Å². The van der Waals surface area contributed by atoms with Gasteiger partial charge in [0.15, 0.2) is 11.5 Å². The highest BCUT2D eigenvalue weighted by Gasteiger charge is 2.21. The summed E-state index contributed by atoms with van der Waals surface area (Å²) in [6.07, 6.45) is 1.87. The van der Waals surface area contributed by atoms with E-state index >= 15 is 0 Å². The highest BCUT2D eigenvalue weighted by Crippen LogP contribution is 2.36. The fourth-order valence-corrected chi connectivity index (χ4v) is 2.06. The lowest BCUT2D eigenvalue weighted by atomic mass is 10.0. The molecule has 0 spiro atoms. The van der Waals surface area contributed by atoms with Crippen LogP contribution in [0.3, 0.4) is 0 Å². The lowest BCUT2D eigenvalue weighted by Gasteiger charge is -2.19. The first-order valence-electron chi connectivity index (χ1n) is 5.87. The summed E-state index contributed by atoms with van der Waals surface area (Å²) in [5.74, 6) is 6.98. The number of nitrogens with zero attached hydrogens (tertiary/aromatic N) is 2. The molecule has 0 bridgehead atoms. The van der Waals surface area contributed by atoms with Crippen molar-refractivity contribution < 1.29 is 9.47 Å². The quantitative estimate of drug-likeness (QED) is 0.621. The average molecular weight is 262 g/mol. The minimum absolute atomic E-state index is 0.258. The van der Waals surface area contributed by atoms with Gasteiger partial charge in [-0.3, -0.25) is 10.5 Å². The van der Waals surface area contributed by atoms with Crippen LogP contribution in [0.2, 0.25) is 0 Å². The molecule has 6 heteroatoms. The number of aromatic nitrogens is 2. The van der Waals surface area contributed by atoms with Crippen LogP contribution in [0.4, 0.5) is 0 Å². The van der Waals surface area contributed by atoms with Gasteiger partial charge in [0.2, 0.25) is 0 Å². The highest BCUT2D eigenvalue weighted by atomic mass is 16.5. The Kier molecular flexibility index (Phi) is 4.03. The van der Waals surface area contributed by atoms with E-state index < -0.39 is 0 Å². The van der Waals surface area contributed by atoms with Crippen LogP contribution < -0.4 is 20.7 Å². The van der Waals surface area contributed by atoms with Gasteiger partial charge in [-0.05, 0) is 12.1 Å². The van der Waals surface area contributed by atoms with Gasteiger partial charge in [0, 0.05) is 18.8 Å². The van der Waals surface area contributed by atoms with Crippen molar-refractivity contribution in [1.29, 1.82) is 0 Å². The second-order valence-corrected chi connectivity index (χ2v) is 4.10. The molecule has 6 nitrogen and oxygen atoms in total. The Morgan fingerprint density at radius 3 is 2.58 bits per heavy atom. The van der Waals surface area contributed by atoms with Crippen molar-refractivity contribution in [2.45, 2.75) is 6.04 Å². The minimum Gasteiger partial charge on any atom is -0.493 e. The Morgan fingerprint density at radius 1 is 1.26 bits per heavy atom. The lowest BCUT2D eigenvalue weighted by molar-refractivity contribution is 0.348. The van der Waals surface area contributed by atoms with Gasteiger partial charge in [0.05, 0.1) is 26.0 Å². The van der Waals surface area contributed by atoms with Gasteiger partial charge in [-0.15, -0.1) is 0 Å². The zero-order valence-corrected chi connectivity index (χ0v) is 11.3. The Labute approximate surface area is 112 Å². The van der Waals surface area contributed by atoms with Gasteiger partial charge in [-0.1, -0.05) is 12.1 Å².